The number of likely N-dealkylation sites (tertiary alicyclic amines) is 1. The lowest BCUT2D eigenvalue weighted by Crippen LogP contribution is -2.34. The summed E-state index contributed by atoms with van der Waals surface area (Å²) in [5.74, 6) is 1.29. The van der Waals surface area contributed by atoms with Crippen molar-refractivity contribution in [1.82, 2.24) is 4.90 Å². The van der Waals surface area contributed by atoms with Gasteiger partial charge in [0.2, 0.25) is 5.91 Å². The van der Waals surface area contributed by atoms with Crippen LogP contribution in [0.1, 0.15) is 73.5 Å². The number of hydrogen-bond donors (Lipinski definition) is 1. The van der Waals surface area contributed by atoms with E-state index in [0.717, 1.165) is 55.9 Å². The molecule has 1 amide bonds. The van der Waals surface area contributed by atoms with Crippen LogP contribution in [0.25, 0.3) is 0 Å². The topological polar surface area (TPSA) is 58.6 Å². The van der Waals surface area contributed by atoms with Crippen LogP contribution in [0.4, 0.5) is 5.69 Å². The van der Waals surface area contributed by atoms with Gasteiger partial charge in [0, 0.05) is 30.1 Å². The first-order valence-corrected chi connectivity index (χ1v) is 13.3. The molecule has 0 saturated carbocycles. The number of hydrogen-bond acceptors (Lipinski definition) is 4. The molecule has 3 aromatic carbocycles. The highest BCUT2D eigenvalue weighted by atomic mass is 16.5. The van der Waals surface area contributed by atoms with Gasteiger partial charge in [-0.05, 0) is 74.2 Å². The number of benzene rings is 3. The number of Topliss-reactive ketones (excluding diaryl/α,β-unsaturated/α-hetero) is 1. The molecule has 0 aromatic heterocycles. The molecule has 0 bridgehead atoms. The first-order chi connectivity index (χ1) is 17.9. The highest BCUT2D eigenvalue weighted by Crippen LogP contribution is 2.31. The zero-order valence-electron chi connectivity index (χ0n) is 22.2. The Balaban J connectivity index is 1.35. The maximum Gasteiger partial charge on any atom is 0.226 e. The van der Waals surface area contributed by atoms with Gasteiger partial charge in [-0.15, -0.1) is 0 Å². The first-order valence-electron chi connectivity index (χ1n) is 13.3. The maximum atomic E-state index is 12.1. The van der Waals surface area contributed by atoms with Crippen LogP contribution in [0, 0.1) is 5.92 Å². The molecule has 1 aliphatic heterocycles. The van der Waals surface area contributed by atoms with Crippen molar-refractivity contribution >= 4 is 17.4 Å². The summed E-state index contributed by atoms with van der Waals surface area (Å²) in [6.45, 7) is 8.42. The summed E-state index contributed by atoms with van der Waals surface area (Å²) in [6, 6.07) is 26.1. The van der Waals surface area contributed by atoms with E-state index in [9.17, 15) is 9.59 Å². The van der Waals surface area contributed by atoms with E-state index in [1.807, 2.05) is 68.4 Å². The summed E-state index contributed by atoms with van der Waals surface area (Å²) in [5.41, 5.74) is 4.00. The summed E-state index contributed by atoms with van der Waals surface area (Å²) in [4.78, 5) is 26.4. The number of carbonyl (C=O) groups excluding carboxylic acids is 2. The van der Waals surface area contributed by atoms with Crippen LogP contribution in [0.5, 0.6) is 5.75 Å². The van der Waals surface area contributed by atoms with Crippen LogP contribution in [0.2, 0.25) is 0 Å². The van der Waals surface area contributed by atoms with E-state index in [-0.39, 0.29) is 23.7 Å². The monoisotopic (exact) mass is 498 g/mol. The Morgan fingerprint density at radius 1 is 0.946 bits per heavy atom. The second-order valence-electron chi connectivity index (χ2n) is 10.3. The minimum absolute atomic E-state index is 0.0336. The van der Waals surface area contributed by atoms with E-state index >= 15 is 0 Å². The van der Waals surface area contributed by atoms with Crippen LogP contribution in [0.15, 0.2) is 78.9 Å². The molecule has 1 N–H and O–H groups in total. The predicted octanol–water partition coefficient (Wildman–Crippen LogP) is 6.87. The fourth-order valence-corrected chi connectivity index (χ4v) is 4.86. The Kier molecular flexibility index (Phi) is 9.13. The van der Waals surface area contributed by atoms with Crippen molar-refractivity contribution in [2.45, 2.75) is 52.1 Å². The molecule has 37 heavy (non-hydrogen) atoms. The predicted molar refractivity (Wildman–Crippen MR) is 149 cm³/mol. The number of ether oxygens (including phenoxy) is 1. The van der Waals surface area contributed by atoms with Gasteiger partial charge >= 0.3 is 0 Å². The average molecular weight is 499 g/mol. The minimum atomic E-state index is -0.0811. The summed E-state index contributed by atoms with van der Waals surface area (Å²) in [5, 5.41) is 3.03. The second-order valence-corrected chi connectivity index (χ2v) is 10.3. The van der Waals surface area contributed by atoms with Crippen molar-refractivity contribution in [3.8, 4) is 5.75 Å². The molecule has 5 nitrogen and oxygen atoms in total. The van der Waals surface area contributed by atoms with Crippen molar-refractivity contribution in [3.05, 3.63) is 95.6 Å². The zero-order chi connectivity index (χ0) is 26.2. The number of nitrogens with zero attached hydrogens (tertiary/aromatic N) is 1. The molecule has 1 saturated heterocycles. The second kappa shape index (κ2) is 12.7. The van der Waals surface area contributed by atoms with Gasteiger partial charge in [-0.2, -0.15) is 0 Å². The number of nitrogens with one attached hydrogen (secondary N) is 1. The lowest BCUT2D eigenvalue weighted by Gasteiger charge is -2.33. The van der Waals surface area contributed by atoms with E-state index in [0.29, 0.717) is 11.5 Å². The molecule has 1 aliphatic rings. The van der Waals surface area contributed by atoms with Gasteiger partial charge in [-0.3, -0.25) is 9.59 Å². The van der Waals surface area contributed by atoms with Gasteiger partial charge in [-0.25, -0.2) is 0 Å². The largest absolute Gasteiger partial charge is 0.486 e. The van der Waals surface area contributed by atoms with Crippen molar-refractivity contribution < 1.29 is 14.3 Å². The molecule has 5 heteroatoms. The van der Waals surface area contributed by atoms with Crippen molar-refractivity contribution in [2.24, 2.45) is 5.92 Å². The number of rotatable bonds is 10. The van der Waals surface area contributed by atoms with Crippen LogP contribution in [0.3, 0.4) is 0 Å². The van der Waals surface area contributed by atoms with Crippen LogP contribution in [-0.4, -0.2) is 36.2 Å². The van der Waals surface area contributed by atoms with Gasteiger partial charge in [0.05, 0.1) is 0 Å². The van der Waals surface area contributed by atoms with Gasteiger partial charge < -0.3 is 15.0 Å². The summed E-state index contributed by atoms with van der Waals surface area (Å²) >= 11 is 0. The Morgan fingerprint density at radius 2 is 1.68 bits per heavy atom. The molecule has 3 aromatic rings. The molecular weight excluding hydrogens is 460 g/mol. The maximum absolute atomic E-state index is 12.1. The lowest BCUT2D eigenvalue weighted by atomic mass is 9.89. The molecule has 1 atom stereocenters. The van der Waals surface area contributed by atoms with E-state index < -0.39 is 0 Å². The third kappa shape index (κ3) is 7.53. The molecule has 4 rings (SSSR count). The molecule has 194 valence electrons. The van der Waals surface area contributed by atoms with Crippen LogP contribution in [-0.2, 0) is 4.79 Å². The number of piperidine rings is 1. The number of ketones is 1. The Hall–Kier alpha value is -3.44. The Bertz CT molecular complexity index is 1180. The SMILES string of the molecule is CC(=O)c1cccc(OC(CCN2CCC(c3cccc(NC(=O)C(C)C)c3)CC2)c2ccccc2)c1. The molecule has 0 spiro atoms. The van der Waals surface area contributed by atoms with Gasteiger partial charge in [0.25, 0.3) is 0 Å². The number of anilines is 1. The number of amides is 1. The molecule has 0 aliphatic carbocycles. The molecular formula is C32H38N2O3. The first kappa shape index (κ1) is 26.6. The quantitative estimate of drug-likeness (QED) is 0.310. The highest BCUT2D eigenvalue weighted by Gasteiger charge is 2.23. The molecule has 1 heterocycles. The fourth-order valence-electron chi connectivity index (χ4n) is 4.86. The summed E-state index contributed by atoms with van der Waals surface area (Å²) in [7, 11) is 0. The van der Waals surface area contributed by atoms with Gasteiger partial charge in [-0.1, -0.05) is 68.4 Å². The van der Waals surface area contributed by atoms with Crippen molar-refractivity contribution in [1.29, 1.82) is 0 Å². The minimum Gasteiger partial charge on any atom is -0.486 e. The van der Waals surface area contributed by atoms with Crippen molar-refractivity contribution in [3.63, 3.8) is 0 Å². The normalized spacial score (nSPS) is 15.4. The van der Waals surface area contributed by atoms with Crippen molar-refractivity contribution in [2.75, 3.05) is 25.0 Å². The molecule has 0 radical (unpaired) electrons. The molecule has 1 unspecified atom stereocenters. The smallest absolute Gasteiger partial charge is 0.226 e. The molecule has 1 fully saturated rings. The van der Waals surface area contributed by atoms with Gasteiger partial charge in [0.15, 0.2) is 5.78 Å². The fraction of sp³-hybridized carbons (Fsp3) is 0.375. The Labute approximate surface area is 220 Å². The Morgan fingerprint density at radius 3 is 2.38 bits per heavy atom. The lowest BCUT2D eigenvalue weighted by molar-refractivity contribution is -0.118. The summed E-state index contributed by atoms with van der Waals surface area (Å²) < 4.78 is 6.42. The van der Waals surface area contributed by atoms with E-state index in [4.69, 9.17) is 4.74 Å². The summed E-state index contributed by atoms with van der Waals surface area (Å²) in [6.07, 6.45) is 2.98. The van der Waals surface area contributed by atoms with Gasteiger partial charge in [0.1, 0.15) is 11.9 Å². The van der Waals surface area contributed by atoms with E-state index in [2.05, 4.69) is 34.5 Å². The third-order valence-corrected chi connectivity index (χ3v) is 7.14. The third-order valence-electron chi connectivity index (χ3n) is 7.14. The van der Waals surface area contributed by atoms with E-state index in [1.54, 1.807) is 6.92 Å². The number of carbonyl (C=O) groups is 2. The average Bonchev–Trinajstić information content (AvgIpc) is 2.92. The van der Waals surface area contributed by atoms with Crippen LogP contribution < -0.4 is 10.1 Å². The standard InChI is InChI=1S/C32H38N2O3/c1-23(2)32(36)33-29-13-7-12-28(21-29)25-15-18-34(19-16-25)20-17-31(26-9-5-4-6-10-26)37-30-14-8-11-27(22-30)24(3)35/h4-14,21-23,25,31H,15-20H2,1-3H3,(H,33,36). The highest BCUT2D eigenvalue weighted by molar-refractivity contribution is 5.94. The van der Waals surface area contributed by atoms with E-state index in [1.165, 1.54) is 5.56 Å². The van der Waals surface area contributed by atoms with Crippen LogP contribution >= 0.6 is 0 Å². The zero-order valence-corrected chi connectivity index (χ0v) is 22.2.